The van der Waals surface area contributed by atoms with Crippen LogP contribution in [0.25, 0.3) is 0 Å². The maximum Gasteiger partial charge on any atom is 0.347 e. The minimum atomic E-state index is -1.03. The van der Waals surface area contributed by atoms with E-state index in [1.807, 2.05) is 4.90 Å². The molecule has 30 heavy (non-hydrogen) atoms. The van der Waals surface area contributed by atoms with Crippen molar-refractivity contribution in [3.8, 4) is 0 Å². The number of rotatable bonds is 7. The molecule has 2 aromatic heterocycles. The van der Waals surface area contributed by atoms with Gasteiger partial charge in [-0.3, -0.25) is 4.79 Å². The monoisotopic (exact) mass is 476 g/mol. The third-order valence-corrected chi connectivity index (χ3v) is 6.68. The van der Waals surface area contributed by atoms with Gasteiger partial charge in [-0.2, -0.15) is 0 Å². The normalized spacial score (nSPS) is 20.2. The lowest BCUT2D eigenvalue weighted by atomic mass is 10.0. The summed E-state index contributed by atoms with van der Waals surface area (Å²) in [4.78, 5) is 33.0. The average molecular weight is 477 g/mol. The van der Waals surface area contributed by atoms with Crippen molar-refractivity contribution < 1.29 is 24.5 Å². The standard InChI is InChI=1S/C18H22Cl2N4O5S/c1-8(25)7-29-11-6-24(18-21-5-12(30-18)17(27)28)4-3-10(11)23-16(26)15-14(20)13(19)9(2)22-15/h5,8,10-11,22,25H,3-4,6-7H2,1-2H3,(H,23,26)(H,27,28). The zero-order chi connectivity index (χ0) is 22.0. The second-order valence-corrected chi connectivity index (χ2v) is 8.87. The van der Waals surface area contributed by atoms with Crippen LogP contribution in [0.5, 0.6) is 0 Å². The Bertz CT molecular complexity index is 932. The van der Waals surface area contributed by atoms with Crippen LogP contribution in [0, 0.1) is 6.92 Å². The summed E-state index contributed by atoms with van der Waals surface area (Å²) in [5, 5.41) is 22.7. The second-order valence-electron chi connectivity index (χ2n) is 7.10. The first-order valence-electron chi connectivity index (χ1n) is 9.25. The molecule has 3 rings (SSSR count). The smallest absolute Gasteiger partial charge is 0.347 e. The maximum absolute atomic E-state index is 12.7. The molecule has 0 aliphatic carbocycles. The van der Waals surface area contributed by atoms with Crippen LogP contribution in [0.3, 0.4) is 0 Å². The fourth-order valence-electron chi connectivity index (χ4n) is 3.17. The van der Waals surface area contributed by atoms with Crippen LogP contribution in [0.2, 0.25) is 10.0 Å². The lowest BCUT2D eigenvalue weighted by molar-refractivity contribution is -0.0215. The van der Waals surface area contributed by atoms with E-state index in [0.29, 0.717) is 35.4 Å². The van der Waals surface area contributed by atoms with Crippen molar-refractivity contribution in [2.45, 2.75) is 38.5 Å². The number of nitrogens with zero attached hydrogens (tertiary/aromatic N) is 2. The highest BCUT2D eigenvalue weighted by Crippen LogP contribution is 2.30. The van der Waals surface area contributed by atoms with Crippen molar-refractivity contribution in [3.63, 3.8) is 0 Å². The van der Waals surface area contributed by atoms with E-state index >= 15 is 0 Å². The fraction of sp³-hybridized carbons (Fsp3) is 0.500. The molecule has 9 nitrogen and oxygen atoms in total. The van der Waals surface area contributed by atoms with Crippen molar-refractivity contribution >= 4 is 51.5 Å². The minimum absolute atomic E-state index is 0.0946. The first kappa shape index (κ1) is 22.8. The number of aliphatic hydroxyl groups is 1. The van der Waals surface area contributed by atoms with Crippen molar-refractivity contribution in [2.24, 2.45) is 0 Å². The fourth-order valence-corrected chi connectivity index (χ4v) is 4.37. The third kappa shape index (κ3) is 5.06. The van der Waals surface area contributed by atoms with E-state index in [2.05, 4.69) is 15.3 Å². The number of aromatic carboxylic acids is 1. The van der Waals surface area contributed by atoms with E-state index < -0.39 is 24.1 Å². The maximum atomic E-state index is 12.7. The van der Waals surface area contributed by atoms with E-state index in [-0.39, 0.29) is 28.2 Å². The Hall–Kier alpha value is -1.85. The molecule has 0 aromatic carbocycles. The molecule has 164 valence electrons. The van der Waals surface area contributed by atoms with E-state index in [0.717, 1.165) is 11.3 Å². The Labute approximate surface area is 187 Å². The number of H-pyrrole nitrogens is 1. The number of aliphatic hydroxyl groups excluding tert-OH is 1. The molecule has 3 atom stereocenters. The van der Waals surface area contributed by atoms with Crippen LogP contribution in [-0.4, -0.2) is 70.0 Å². The van der Waals surface area contributed by atoms with Gasteiger partial charge >= 0.3 is 5.97 Å². The Balaban J connectivity index is 1.73. The molecule has 1 aliphatic heterocycles. The molecule has 2 aromatic rings. The van der Waals surface area contributed by atoms with Crippen molar-refractivity contribution in [1.29, 1.82) is 0 Å². The van der Waals surface area contributed by atoms with Gasteiger partial charge in [0.05, 0.1) is 41.1 Å². The van der Waals surface area contributed by atoms with Gasteiger partial charge in [-0.15, -0.1) is 0 Å². The van der Waals surface area contributed by atoms with Crippen molar-refractivity contribution in [2.75, 3.05) is 24.6 Å². The van der Waals surface area contributed by atoms with E-state index in [1.54, 1.807) is 13.8 Å². The average Bonchev–Trinajstić information content (AvgIpc) is 3.28. The number of nitrogens with one attached hydrogen (secondary N) is 2. The van der Waals surface area contributed by atoms with Gasteiger partial charge in [0.25, 0.3) is 5.91 Å². The molecule has 0 bridgehead atoms. The van der Waals surface area contributed by atoms with Crippen LogP contribution in [0.1, 0.15) is 39.2 Å². The van der Waals surface area contributed by atoms with E-state index in [1.165, 1.54) is 6.20 Å². The highest BCUT2D eigenvalue weighted by molar-refractivity contribution is 7.17. The predicted molar refractivity (Wildman–Crippen MR) is 114 cm³/mol. The molecule has 0 saturated carbocycles. The number of aryl methyl sites for hydroxylation is 1. The third-order valence-electron chi connectivity index (χ3n) is 4.68. The lowest BCUT2D eigenvalue weighted by Crippen LogP contribution is -2.55. The number of aromatic nitrogens is 2. The van der Waals surface area contributed by atoms with Gasteiger partial charge in [0.15, 0.2) is 5.13 Å². The van der Waals surface area contributed by atoms with Gasteiger partial charge in [-0.1, -0.05) is 34.5 Å². The summed E-state index contributed by atoms with van der Waals surface area (Å²) in [5.74, 6) is -1.43. The molecule has 3 heterocycles. The minimum Gasteiger partial charge on any atom is -0.477 e. The molecule has 4 N–H and O–H groups in total. The zero-order valence-corrected chi connectivity index (χ0v) is 18.6. The summed E-state index contributed by atoms with van der Waals surface area (Å²) in [7, 11) is 0. The summed E-state index contributed by atoms with van der Waals surface area (Å²) < 4.78 is 5.84. The number of amides is 1. The van der Waals surface area contributed by atoms with Gasteiger partial charge < -0.3 is 30.2 Å². The van der Waals surface area contributed by atoms with E-state index in [9.17, 15) is 14.7 Å². The van der Waals surface area contributed by atoms with Gasteiger partial charge in [0.2, 0.25) is 0 Å². The molecule has 3 unspecified atom stereocenters. The summed E-state index contributed by atoms with van der Waals surface area (Å²) >= 11 is 13.3. The van der Waals surface area contributed by atoms with Crippen LogP contribution in [0.4, 0.5) is 5.13 Å². The second kappa shape index (κ2) is 9.52. The lowest BCUT2D eigenvalue weighted by Gasteiger charge is -2.38. The highest BCUT2D eigenvalue weighted by atomic mass is 35.5. The molecule has 12 heteroatoms. The zero-order valence-electron chi connectivity index (χ0n) is 16.3. The van der Waals surface area contributed by atoms with Crippen LogP contribution >= 0.6 is 34.5 Å². The summed E-state index contributed by atoms with van der Waals surface area (Å²) in [6.45, 7) is 4.35. The molecule has 0 radical (unpaired) electrons. The molecule has 1 aliphatic rings. The quantitative estimate of drug-likeness (QED) is 0.483. The number of thiazole rings is 1. The Morgan fingerprint density at radius 1 is 1.47 bits per heavy atom. The number of aromatic amines is 1. The van der Waals surface area contributed by atoms with Crippen LogP contribution in [-0.2, 0) is 4.74 Å². The predicted octanol–water partition coefficient (Wildman–Crippen LogP) is 2.56. The van der Waals surface area contributed by atoms with Crippen LogP contribution in [0.15, 0.2) is 6.20 Å². The van der Waals surface area contributed by atoms with Gasteiger partial charge in [-0.25, -0.2) is 9.78 Å². The number of piperidine rings is 1. The number of halogens is 2. The number of ether oxygens (including phenoxy) is 1. The molecule has 1 amide bonds. The SMILES string of the molecule is Cc1[nH]c(C(=O)NC2CCN(c3ncc(C(=O)O)s3)CC2OCC(C)O)c(Cl)c1Cl. The highest BCUT2D eigenvalue weighted by Gasteiger charge is 2.34. The topological polar surface area (TPSA) is 128 Å². The molecule has 1 fully saturated rings. The number of hydrogen-bond acceptors (Lipinski definition) is 7. The largest absolute Gasteiger partial charge is 0.477 e. The van der Waals surface area contributed by atoms with Crippen LogP contribution < -0.4 is 10.2 Å². The molecular weight excluding hydrogens is 455 g/mol. The number of carboxylic acids is 1. The first-order valence-corrected chi connectivity index (χ1v) is 10.8. The summed E-state index contributed by atoms with van der Waals surface area (Å²) in [5.41, 5.74) is 0.781. The number of carboxylic acid groups (broad SMARTS) is 1. The van der Waals surface area contributed by atoms with Gasteiger partial charge in [0, 0.05) is 18.8 Å². The van der Waals surface area contributed by atoms with Crippen molar-refractivity contribution in [1.82, 2.24) is 15.3 Å². The number of anilines is 1. The van der Waals surface area contributed by atoms with Gasteiger partial charge in [0.1, 0.15) is 10.6 Å². The number of carbonyl (C=O) groups is 2. The molecule has 0 spiro atoms. The number of hydrogen-bond donors (Lipinski definition) is 4. The summed E-state index contributed by atoms with van der Waals surface area (Å²) in [6.07, 6.45) is 0.735. The Morgan fingerprint density at radius 3 is 2.77 bits per heavy atom. The van der Waals surface area contributed by atoms with E-state index in [4.69, 9.17) is 33.0 Å². The van der Waals surface area contributed by atoms with Gasteiger partial charge in [-0.05, 0) is 20.3 Å². The first-order chi connectivity index (χ1) is 14.2. The molecule has 1 saturated heterocycles. The Kier molecular flexibility index (Phi) is 7.25. The number of carbonyl (C=O) groups excluding carboxylic acids is 1. The van der Waals surface area contributed by atoms with Crippen molar-refractivity contribution in [3.05, 3.63) is 32.5 Å². The molecular formula is C18H22Cl2N4O5S. The Morgan fingerprint density at radius 2 is 2.20 bits per heavy atom. The summed E-state index contributed by atoms with van der Waals surface area (Å²) in [6, 6.07) is -0.343.